The van der Waals surface area contributed by atoms with Crippen LogP contribution in [0, 0.1) is 10.1 Å². The zero-order chi connectivity index (χ0) is 14.8. The van der Waals surface area contributed by atoms with Gasteiger partial charge in [0, 0.05) is 19.2 Å². The number of benzene rings is 1. The molecule has 0 saturated carbocycles. The van der Waals surface area contributed by atoms with Crippen LogP contribution in [0.3, 0.4) is 0 Å². The van der Waals surface area contributed by atoms with Crippen molar-refractivity contribution in [1.29, 1.82) is 0 Å². The number of hydrogen-bond donors (Lipinski definition) is 0. The molecule has 1 aromatic carbocycles. The highest BCUT2D eigenvalue weighted by atomic mass is 19.4. The van der Waals surface area contributed by atoms with Crippen LogP contribution in [0.1, 0.15) is 24.0 Å². The van der Waals surface area contributed by atoms with Crippen molar-refractivity contribution in [2.24, 2.45) is 0 Å². The Balaban J connectivity index is 2.33. The Morgan fingerprint density at radius 3 is 2.45 bits per heavy atom. The van der Waals surface area contributed by atoms with Crippen molar-refractivity contribution < 1.29 is 18.1 Å². The fraction of sp³-hybridized carbons (Fsp3) is 0.385. The third-order valence-electron chi connectivity index (χ3n) is 3.16. The number of likely N-dealkylation sites (tertiary alicyclic amines) is 1. The van der Waals surface area contributed by atoms with E-state index in [2.05, 4.69) is 0 Å². The molecule has 4 nitrogen and oxygen atoms in total. The van der Waals surface area contributed by atoms with Crippen LogP contribution in [0.15, 0.2) is 24.4 Å². The number of nitro benzene ring substituents is 1. The van der Waals surface area contributed by atoms with Crippen LogP contribution in [0.5, 0.6) is 0 Å². The number of nitro groups is 1. The zero-order valence-electron chi connectivity index (χ0n) is 10.6. The summed E-state index contributed by atoms with van der Waals surface area (Å²) in [4.78, 5) is 12.1. The SMILES string of the molecule is O=[N+]([O-])c1ccc(C(F)(F)F)cc1/C=C/N1CCCC1. The first kappa shape index (κ1) is 14.4. The lowest BCUT2D eigenvalue weighted by Crippen LogP contribution is -2.10. The minimum Gasteiger partial charge on any atom is -0.377 e. The molecule has 1 aromatic rings. The zero-order valence-corrected chi connectivity index (χ0v) is 10.6. The Bertz CT molecular complexity index is 535. The summed E-state index contributed by atoms with van der Waals surface area (Å²) in [6.07, 6.45) is 0.531. The Kier molecular flexibility index (Phi) is 3.96. The van der Waals surface area contributed by atoms with E-state index in [0.717, 1.165) is 44.1 Å². The summed E-state index contributed by atoms with van der Waals surface area (Å²) in [6.45, 7) is 1.65. The van der Waals surface area contributed by atoms with E-state index in [1.54, 1.807) is 6.20 Å². The molecular formula is C13H13F3N2O2. The van der Waals surface area contributed by atoms with Gasteiger partial charge in [0.1, 0.15) is 0 Å². The van der Waals surface area contributed by atoms with Crippen molar-refractivity contribution in [2.75, 3.05) is 13.1 Å². The smallest absolute Gasteiger partial charge is 0.377 e. The largest absolute Gasteiger partial charge is 0.416 e. The highest BCUT2D eigenvalue weighted by Gasteiger charge is 2.31. The van der Waals surface area contributed by atoms with Crippen molar-refractivity contribution >= 4 is 11.8 Å². The van der Waals surface area contributed by atoms with E-state index in [4.69, 9.17) is 0 Å². The van der Waals surface area contributed by atoms with Crippen molar-refractivity contribution in [3.05, 3.63) is 45.6 Å². The topological polar surface area (TPSA) is 46.4 Å². The predicted octanol–water partition coefficient (Wildman–Crippen LogP) is 3.68. The molecule has 1 aliphatic heterocycles. The van der Waals surface area contributed by atoms with Crippen LogP contribution in [0.2, 0.25) is 0 Å². The molecule has 108 valence electrons. The van der Waals surface area contributed by atoms with Crippen molar-refractivity contribution in [3.8, 4) is 0 Å². The summed E-state index contributed by atoms with van der Waals surface area (Å²) < 4.78 is 37.9. The molecule has 0 bridgehead atoms. The molecule has 20 heavy (non-hydrogen) atoms. The molecule has 7 heteroatoms. The molecule has 1 fully saturated rings. The lowest BCUT2D eigenvalue weighted by molar-refractivity contribution is -0.385. The van der Waals surface area contributed by atoms with Gasteiger partial charge in [-0.15, -0.1) is 0 Å². The van der Waals surface area contributed by atoms with Crippen LogP contribution in [0.4, 0.5) is 18.9 Å². The second-order valence-corrected chi connectivity index (χ2v) is 4.59. The van der Waals surface area contributed by atoms with E-state index >= 15 is 0 Å². The second kappa shape index (κ2) is 5.52. The molecule has 0 amide bonds. The molecule has 2 rings (SSSR count). The van der Waals surface area contributed by atoms with E-state index in [9.17, 15) is 23.3 Å². The van der Waals surface area contributed by atoms with Gasteiger partial charge < -0.3 is 4.90 Å². The number of hydrogen-bond acceptors (Lipinski definition) is 3. The van der Waals surface area contributed by atoms with Gasteiger partial charge in [0.05, 0.1) is 16.1 Å². The normalized spacial score (nSPS) is 16.1. The first-order valence-corrected chi connectivity index (χ1v) is 6.16. The average Bonchev–Trinajstić information content (AvgIpc) is 2.87. The fourth-order valence-electron chi connectivity index (χ4n) is 2.11. The average molecular weight is 286 g/mol. The Morgan fingerprint density at radius 1 is 1.25 bits per heavy atom. The molecule has 0 radical (unpaired) electrons. The molecular weight excluding hydrogens is 273 g/mol. The maximum Gasteiger partial charge on any atom is 0.416 e. The first-order valence-electron chi connectivity index (χ1n) is 6.16. The molecule has 0 N–H and O–H groups in total. The van der Waals surface area contributed by atoms with E-state index in [1.165, 1.54) is 6.08 Å². The van der Waals surface area contributed by atoms with Crippen LogP contribution in [-0.2, 0) is 6.18 Å². The van der Waals surface area contributed by atoms with Gasteiger partial charge in [-0.1, -0.05) is 0 Å². The molecule has 1 saturated heterocycles. The number of nitrogens with zero attached hydrogens (tertiary/aromatic N) is 2. The molecule has 0 unspecified atom stereocenters. The maximum absolute atomic E-state index is 12.6. The maximum atomic E-state index is 12.6. The van der Waals surface area contributed by atoms with Gasteiger partial charge in [0.2, 0.25) is 0 Å². The van der Waals surface area contributed by atoms with E-state index in [1.807, 2.05) is 4.90 Å². The van der Waals surface area contributed by atoms with Gasteiger partial charge >= 0.3 is 6.18 Å². The van der Waals surface area contributed by atoms with E-state index < -0.39 is 16.7 Å². The van der Waals surface area contributed by atoms with Crippen LogP contribution >= 0.6 is 0 Å². The monoisotopic (exact) mass is 286 g/mol. The minimum absolute atomic E-state index is 0.0308. The molecule has 0 aromatic heterocycles. The van der Waals surface area contributed by atoms with Crippen molar-refractivity contribution in [1.82, 2.24) is 4.90 Å². The van der Waals surface area contributed by atoms with Crippen LogP contribution in [-0.4, -0.2) is 22.9 Å². The first-order chi connectivity index (χ1) is 9.38. The summed E-state index contributed by atoms with van der Waals surface area (Å²) >= 11 is 0. The fourth-order valence-corrected chi connectivity index (χ4v) is 2.11. The lowest BCUT2D eigenvalue weighted by Gasteiger charge is -2.11. The van der Waals surface area contributed by atoms with E-state index in [0.29, 0.717) is 0 Å². The molecule has 0 aliphatic carbocycles. The van der Waals surface area contributed by atoms with Gasteiger partial charge in [0.15, 0.2) is 0 Å². The van der Waals surface area contributed by atoms with Gasteiger partial charge in [-0.25, -0.2) is 0 Å². The van der Waals surface area contributed by atoms with Crippen molar-refractivity contribution in [2.45, 2.75) is 19.0 Å². The highest BCUT2D eigenvalue weighted by molar-refractivity contribution is 5.62. The Labute approximate surface area is 113 Å². The Hall–Kier alpha value is -2.05. The van der Waals surface area contributed by atoms with Gasteiger partial charge in [-0.05, 0) is 37.3 Å². The van der Waals surface area contributed by atoms with Gasteiger partial charge in [0.25, 0.3) is 5.69 Å². The third kappa shape index (κ3) is 3.28. The van der Waals surface area contributed by atoms with Crippen LogP contribution < -0.4 is 0 Å². The summed E-state index contributed by atoms with van der Waals surface area (Å²) in [7, 11) is 0. The molecule has 1 heterocycles. The summed E-state index contributed by atoms with van der Waals surface area (Å²) in [6, 6.07) is 2.43. The second-order valence-electron chi connectivity index (χ2n) is 4.59. The number of rotatable bonds is 3. The number of alkyl halides is 3. The van der Waals surface area contributed by atoms with Gasteiger partial charge in [-0.2, -0.15) is 13.2 Å². The lowest BCUT2D eigenvalue weighted by atomic mass is 10.1. The minimum atomic E-state index is -4.51. The highest BCUT2D eigenvalue weighted by Crippen LogP contribution is 2.33. The van der Waals surface area contributed by atoms with Gasteiger partial charge in [-0.3, -0.25) is 10.1 Å². The van der Waals surface area contributed by atoms with Crippen LogP contribution in [0.25, 0.3) is 6.08 Å². The van der Waals surface area contributed by atoms with Crippen molar-refractivity contribution in [3.63, 3.8) is 0 Å². The molecule has 1 aliphatic rings. The quantitative estimate of drug-likeness (QED) is 0.629. The van der Waals surface area contributed by atoms with E-state index in [-0.39, 0.29) is 11.3 Å². The number of halogens is 3. The standard InChI is InChI=1S/C13H13F3N2O2/c14-13(15,16)11-3-4-12(18(19)20)10(9-11)5-8-17-6-1-2-7-17/h3-5,8-9H,1-2,6-7H2/b8-5+. The Morgan fingerprint density at radius 2 is 1.90 bits per heavy atom. The summed E-state index contributed by atoms with van der Waals surface area (Å²) in [5.74, 6) is 0. The molecule has 0 spiro atoms. The third-order valence-corrected chi connectivity index (χ3v) is 3.16. The predicted molar refractivity (Wildman–Crippen MR) is 67.9 cm³/mol. The molecule has 0 atom stereocenters. The summed E-state index contributed by atoms with van der Waals surface area (Å²) in [5.41, 5.74) is -1.24. The summed E-state index contributed by atoms with van der Waals surface area (Å²) in [5, 5.41) is 10.9.